The molecule has 3 aromatic carbocycles. The summed E-state index contributed by atoms with van der Waals surface area (Å²) in [6.07, 6.45) is 0. The molecule has 136 valence electrons. The van der Waals surface area contributed by atoms with E-state index in [0.717, 1.165) is 11.1 Å². The van der Waals surface area contributed by atoms with Crippen molar-refractivity contribution in [3.05, 3.63) is 89.0 Å². The second kappa shape index (κ2) is 7.74. The van der Waals surface area contributed by atoms with Crippen LogP contribution in [0.4, 0.5) is 0 Å². The van der Waals surface area contributed by atoms with Crippen molar-refractivity contribution in [2.75, 3.05) is 0 Å². The number of phenols is 1. The highest BCUT2D eigenvalue weighted by molar-refractivity contribution is 5.94. The molecule has 0 atom stereocenters. The van der Waals surface area contributed by atoms with Crippen LogP contribution in [0, 0.1) is 13.8 Å². The molecule has 27 heavy (non-hydrogen) atoms. The number of phenolic OH excluding ortho intramolecular Hbond substituents is 1. The van der Waals surface area contributed by atoms with E-state index < -0.39 is 17.7 Å². The van der Waals surface area contributed by atoms with Gasteiger partial charge in [-0.15, -0.1) is 0 Å². The number of carbonyl (C=O) groups is 2. The molecule has 3 aromatic rings. The van der Waals surface area contributed by atoms with Gasteiger partial charge in [0.25, 0.3) is 0 Å². The van der Waals surface area contributed by atoms with Crippen LogP contribution in [0.2, 0.25) is 0 Å². The van der Waals surface area contributed by atoms with E-state index >= 15 is 0 Å². The minimum Gasteiger partial charge on any atom is -0.502 e. The number of rotatable bonds is 4. The highest BCUT2D eigenvalue weighted by Crippen LogP contribution is 2.36. The Balaban J connectivity index is 1.82. The largest absolute Gasteiger partial charge is 0.502 e. The van der Waals surface area contributed by atoms with Gasteiger partial charge < -0.3 is 14.6 Å². The molecule has 3 rings (SSSR count). The first-order valence-electron chi connectivity index (χ1n) is 8.35. The fourth-order valence-corrected chi connectivity index (χ4v) is 2.58. The SMILES string of the molecule is Cc1ccccc1C(=O)Oc1cccc(OC(=O)c2ccccc2C)c1O. The van der Waals surface area contributed by atoms with Crippen LogP contribution < -0.4 is 9.47 Å². The van der Waals surface area contributed by atoms with Crippen molar-refractivity contribution in [2.45, 2.75) is 13.8 Å². The standard InChI is InChI=1S/C22H18O5/c1-14-8-3-5-10-16(14)21(24)26-18-12-7-13-19(20(18)23)27-22(25)17-11-6-4-9-15(17)2/h3-13,23H,1-2H3. The minimum absolute atomic E-state index is 0.0849. The molecule has 0 bridgehead atoms. The van der Waals surface area contributed by atoms with E-state index in [9.17, 15) is 14.7 Å². The molecule has 0 aliphatic carbocycles. The van der Waals surface area contributed by atoms with E-state index in [2.05, 4.69) is 0 Å². The van der Waals surface area contributed by atoms with Crippen molar-refractivity contribution >= 4 is 11.9 Å². The van der Waals surface area contributed by atoms with E-state index in [1.165, 1.54) is 18.2 Å². The molecule has 0 radical (unpaired) electrons. The molecule has 0 amide bonds. The van der Waals surface area contributed by atoms with Gasteiger partial charge in [-0.25, -0.2) is 9.59 Å². The van der Waals surface area contributed by atoms with Crippen LogP contribution in [0.25, 0.3) is 0 Å². The third kappa shape index (κ3) is 3.98. The highest BCUT2D eigenvalue weighted by Gasteiger charge is 2.19. The first kappa shape index (κ1) is 18.2. The number of hydrogen-bond donors (Lipinski definition) is 1. The molecule has 0 unspecified atom stereocenters. The Kier molecular flexibility index (Phi) is 5.22. The quantitative estimate of drug-likeness (QED) is 0.548. The number of aromatic hydroxyl groups is 1. The molecule has 0 saturated heterocycles. The lowest BCUT2D eigenvalue weighted by atomic mass is 10.1. The maximum Gasteiger partial charge on any atom is 0.343 e. The molecule has 0 aliphatic heterocycles. The summed E-state index contributed by atoms with van der Waals surface area (Å²) in [5, 5.41) is 10.4. The normalized spacial score (nSPS) is 10.3. The number of benzene rings is 3. The van der Waals surface area contributed by atoms with Crippen molar-refractivity contribution < 1.29 is 24.2 Å². The molecule has 0 aliphatic rings. The second-order valence-electron chi connectivity index (χ2n) is 6.01. The molecule has 0 aromatic heterocycles. The molecule has 0 saturated carbocycles. The molecule has 0 fully saturated rings. The molecule has 1 N–H and O–H groups in total. The topological polar surface area (TPSA) is 72.8 Å². The van der Waals surface area contributed by atoms with Gasteiger partial charge in [0, 0.05) is 0 Å². The number of carbonyl (C=O) groups excluding carboxylic acids is 2. The van der Waals surface area contributed by atoms with Crippen LogP contribution in [0.5, 0.6) is 17.2 Å². The van der Waals surface area contributed by atoms with E-state index in [-0.39, 0.29) is 11.5 Å². The Morgan fingerprint density at radius 2 is 1.07 bits per heavy atom. The molecule has 5 heteroatoms. The van der Waals surface area contributed by atoms with Gasteiger partial charge in [0.15, 0.2) is 11.5 Å². The van der Waals surface area contributed by atoms with E-state index in [1.54, 1.807) is 50.2 Å². The zero-order valence-corrected chi connectivity index (χ0v) is 14.9. The zero-order chi connectivity index (χ0) is 19.4. The summed E-state index contributed by atoms with van der Waals surface area (Å²) in [6.45, 7) is 3.58. The summed E-state index contributed by atoms with van der Waals surface area (Å²) in [5.74, 6) is -1.80. The first-order chi connectivity index (χ1) is 13.0. The summed E-state index contributed by atoms with van der Waals surface area (Å²) >= 11 is 0. The first-order valence-corrected chi connectivity index (χ1v) is 8.35. The lowest BCUT2D eigenvalue weighted by Gasteiger charge is -2.12. The number of aryl methyl sites for hydroxylation is 2. The van der Waals surface area contributed by atoms with Gasteiger partial charge in [-0.1, -0.05) is 42.5 Å². The number of para-hydroxylation sites is 1. The van der Waals surface area contributed by atoms with Crippen LogP contribution in [-0.4, -0.2) is 17.0 Å². The maximum atomic E-state index is 12.3. The predicted octanol–water partition coefficient (Wildman–Crippen LogP) is 4.45. The second-order valence-corrected chi connectivity index (χ2v) is 6.01. The average molecular weight is 362 g/mol. The van der Waals surface area contributed by atoms with Crippen molar-refractivity contribution in [3.63, 3.8) is 0 Å². The Labute approximate surface area is 156 Å². The molecule has 0 spiro atoms. The van der Waals surface area contributed by atoms with Crippen molar-refractivity contribution in [1.29, 1.82) is 0 Å². The van der Waals surface area contributed by atoms with Crippen LogP contribution in [0.3, 0.4) is 0 Å². The zero-order valence-electron chi connectivity index (χ0n) is 14.9. The predicted molar refractivity (Wildman–Crippen MR) is 100 cm³/mol. The van der Waals surface area contributed by atoms with E-state index in [1.807, 2.05) is 12.1 Å². The maximum absolute atomic E-state index is 12.3. The van der Waals surface area contributed by atoms with Crippen molar-refractivity contribution in [2.24, 2.45) is 0 Å². The van der Waals surface area contributed by atoms with Crippen molar-refractivity contribution in [1.82, 2.24) is 0 Å². The van der Waals surface area contributed by atoms with Crippen LogP contribution >= 0.6 is 0 Å². The van der Waals surface area contributed by atoms with E-state index in [4.69, 9.17) is 9.47 Å². The lowest BCUT2D eigenvalue weighted by molar-refractivity contribution is 0.0722. The number of hydrogen-bond acceptors (Lipinski definition) is 5. The highest BCUT2D eigenvalue weighted by atomic mass is 16.6. The molecule has 5 nitrogen and oxygen atoms in total. The summed E-state index contributed by atoms with van der Waals surface area (Å²) < 4.78 is 10.6. The fraction of sp³-hybridized carbons (Fsp3) is 0.0909. The molecule has 0 heterocycles. The van der Waals surface area contributed by atoms with Gasteiger partial charge in [-0.2, -0.15) is 0 Å². The van der Waals surface area contributed by atoms with Crippen LogP contribution in [-0.2, 0) is 0 Å². The fourth-order valence-electron chi connectivity index (χ4n) is 2.58. The third-order valence-corrected chi connectivity index (χ3v) is 4.10. The average Bonchev–Trinajstić information content (AvgIpc) is 2.65. The van der Waals surface area contributed by atoms with Crippen LogP contribution in [0.15, 0.2) is 66.7 Å². The summed E-state index contributed by atoms with van der Waals surface area (Å²) in [6, 6.07) is 18.3. The van der Waals surface area contributed by atoms with Gasteiger partial charge in [0.1, 0.15) is 0 Å². The lowest BCUT2D eigenvalue weighted by Crippen LogP contribution is -2.12. The van der Waals surface area contributed by atoms with Crippen LogP contribution in [0.1, 0.15) is 31.8 Å². The number of esters is 2. The Hall–Kier alpha value is -3.60. The van der Waals surface area contributed by atoms with Gasteiger partial charge >= 0.3 is 11.9 Å². The Morgan fingerprint density at radius 3 is 1.48 bits per heavy atom. The Bertz CT molecular complexity index is 929. The minimum atomic E-state index is -0.606. The third-order valence-electron chi connectivity index (χ3n) is 4.10. The van der Waals surface area contributed by atoms with Gasteiger partial charge in [-0.3, -0.25) is 0 Å². The summed E-state index contributed by atoms with van der Waals surface area (Å²) in [7, 11) is 0. The van der Waals surface area contributed by atoms with Gasteiger partial charge in [0.05, 0.1) is 11.1 Å². The summed E-state index contributed by atoms with van der Waals surface area (Å²) in [4.78, 5) is 24.7. The monoisotopic (exact) mass is 362 g/mol. The molecular weight excluding hydrogens is 344 g/mol. The molecular formula is C22H18O5. The van der Waals surface area contributed by atoms with Gasteiger partial charge in [-0.05, 0) is 49.2 Å². The Morgan fingerprint density at radius 1 is 0.667 bits per heavy atom. The smallest absolute Gasteiger partial charge is 0.343 e. The number of ether oxygens (including phenoxy) is 2. The summed E-state index contributed by atoms with van der Waals surface area (Å²) in [5.41, 5.74) is 2.28. The van der Waals surface area contributed by atoms with E-state index in [0.29, 0.717) is 11.1 Å². The van der Waals surface area contributed by atoms with Crippen molar-refractivity contribution in [3.8, 4) is 17.2 Å². The van der Waals surface area contributed by atoms with Gasteiger partial charge in [0.2, 0.25) is 5.75 Å².